The van der Waals surface area contributed by atoms with Gasteiger partial charge in [-0.1, -0.05) is 29.9 Å². The number of aryl methyl sites for hydroxylation is 1. The topological polar surface area (TPSA) is 68.0 Å². The van der Waals surface area contributed by atoms with E-state index in [9.17, 15) is 17.1 Å². The van der Waals surface area contributed by atoms with Crippen molar-refractivity contribution in [1.29, 1.82) is 0 Å². The van der Waals surface area contributed by atoms with E-state index in [2.05, 4.69) is 43.6 Å². The summed E-state index contributed by atoms with van der Waals surface area (Å²) < 4.78 is 55.0. The van der Waals surface area contributed by atoms with E-state index < -0.39 is 11.9 Å². The summed E-state index contributed by atoms with van der Waals surface area (Å²) in [5.74, 6) is 1.81. The lowest BCUT2D eigenvalue weighted by molar-refractivity contribution is -0.0576. The number of fused-ring (bicyclic) bond motifs is 1. The molecule has 1 saturated carbocycles. The van der Waals surface area contributed by atoms with Gasteiger partial charge in [-0.25, -0.2) is 19.9 Å². The molecule has 1 aliphatic heterocycles. The van der Waals surface area contributed by atoms with Crippen LogP contribution in [0.25, 0.3) is 16.9 Å². The van der Waals surface area contributed by atoms with Crippen LogP contribution in [0.3, 0.4) is 0 Å². The number of alkyl halides is 3. The highest BCUT2D eigenvalue weighted by atomic mass is 32.2. The lowest BCUT2D eigenvalue weighted by atomic mass is 9.80. The number of nitrogens with one attached hydrogen (secondary N) is 1. The molecule has 5 rings (SSSR count). The van der Waals surface area contributed by atoms with E-state index in [1.165, 1.54) is 6.42 Å². The first-order valence-corrected chi connectivity index (χ1v) is 12.5. The smallest absolute Gasteiger partial charge is 0.365 e. The molecular weight excluding hydrogens is 492 g/mol. The standard InChI is InChI=1S/C25H24F4N6S/c1-14(17-5-3-6-17)30-22-21-23(32-15(2)31-22)34-24(19-7-4-8-20(33-19)25(26,27)28)35(21)13-16-9-11-18(36-29)12-10-16/h8-9,11,14,17H,3,5-6,10,12-13H2,1-2H3,(H,30,31,32)/t14-/m1/s1. The van der Waals surface area contributed by atoms with Gasteiger partial charge in [-0.2, -0.15) is 17.1 Å². The Morgan fingerprint density at radius 1 is 1.19 bits per heavy atom. The van der Waals surface area contributed by atoms with Gasteiger partial charge in [-0.05, 0) is 51.2 Å². The minimum atomic E-state index is -4.63. The minimum absolute atomic E-state index is 0.0783. The Morgan fingerprint density at radius 2 is 2.00 bits per heavy atom. The molecule has 1 atom stereocenters. The van der Waals surface area contributed by atoms with Gasteiger partial charge in [-0.15, -0.1) is 0 Å². The molecule has 3 aliphatic rings. The number of hydrogen-bond acceptors (Lipinski definition) is 6. The molecule has 0 bridgehead atoms. The van der Waals surface area contributed by atoms with Crippen LogP contribution in [0.5, 0.6) is 0 Å². The maximum absolute atomic E-state index is 13.4. The van der Waals surface area contributed by atoms with Crippen LogP contribution in [-0.2, 0) is 6.54 Å². The van der Waals surface area contributed by atoms with Crippen molar-refractivity contribution in [2.75, 3.05) is 5.32 Å². The molecule has 3 heterocycles. The molecule has 0 saturated heterocycles. The van der Waals surface area contributed by atoms with Gasteiger partial charge in [0.2, 0.25) is 0 Å². The van der Waals surface area contributed by atoms with Crippen LogP contribution in [-0.4, -0.2) is 37.4 Å². The van der Waals surface area contributed by atoms with Crippen LogP contribution in [0.4, 0.5) is 22.9 Å². The normalized spacial score (nSPS) is 18.9. The second kappa shape index (κ2) is 9.73. The van der Waals surface area contributed by atoms with E-state index in [0.717, 1.165) is 24.5 Å². The zero-order chi connectivity index (χ0) is 25.4. The lowest BCUT2D eigenvalue weighted by Crippen LogP contribution is -2.31. The summed E-state index contributed by atoms with van der Waals surface area (Å²) in [6.07, 6.45) is 4.34. The molecule has 0 spiro atoms. The van der Waals surface area contributed by atoms with Crippen molar-refractivity contribution in [3.63, 3.8) is 0 Å². The molecule has 0 aromatic carbocycles. The highest BCUT2D eigenvalue weighted by molar-refractivity contribution is 7.98. The second-order valence-corrected chi connectivity index (χ2v) is 9.91. The first-order valence-electron chi connectivity index (χ1n) is 11.8. The van der Waals surface area contributed by atoms with Gasteiger partial charge >= 0.3 is 6.18 Å². The first kappa shape index (κ1) is 24.6. The number of anilines is 1. The van der Waals surface area contributed by atoms with Crippen LogP contribution in [0.2, 0.25) is 0 Å². The highest BCUT2D eigenvalue weighted by Crippen LogP contribution is 2.35. The largest absolute Gasteiger partial charge is 0.434 e. The van der Waals surface area contributed by atoms with Crippen LogP contribution in [0, 0.1) is 12.8 Å². The average Bonchev–Trinajstić information content (AvgIpc) is 3.16. The Labute approximate surface area is 210 Å². The summed E-state index contributed by atoms with van der Waals surface area (Å²) in [6, 6.07) is 0.163. The molecule has 0 unspecified atom stereocenters. The fourth-order valence-electron chi connectivity index (χ4n) is 4.52. The summed E-state index contributed by atoms with van der Waals surface area (Å²) in [4.78, 5) is 18.1. The van der Waals surface area contributed by atoms with Crippen molar-refractivity contribution >= 4 is 40.5 Å². The molecule has 2 aromatic rings. The summed E-state index contributed by atoms with van der Waals surface area (Å²) in [6.45, 7) is 4.18. The molecule has 11 heteroatoms. The molecule has 2 aliphatic carbocycles. The molecule has 2 aromatic heterocycles. The Kier molecular flexibility index (Phi) is 6.64. The highest BCUT2D eigenvalue weighted by Gasteiger charge is 2.35. The molecule has 188 valence electrons. The SMILES string of the molecule is Cc1nc(N[C@H](C)C2CCC2)c2c(n1)nc(C1=C=C=CC(C(F)(F)F)=N1)n2CC1=CC=C(SF)CC1. The van der Waals surface area contributed by atoms with Crippen LogP contribution in [0.15, 0.2) is 45.2 Å². The number of allylic oxidation sites excluding steroid dienone is 5. The maximum atomic E-state index is 13.4. The minimum Gasteiger partial charge on any atom is -0.365 e. The lowest BCUT2D eigenvalue weighted by Gasteiger charge is -2.32. The molecule has 1 fully saturated rings. The van der Waals surface area contributed by atoms with E-state index in [4.69, 9.17) is 0 Å². The number of nitrogens with zero attached hydrogens (tertiary/aromatic N) is 5. The number of hydrogen-bond donors (Lipinski definition) is 1. The van der Waals surface area contributed by atoms with Crippen LogP contribution < -0.4 is 5.32 Å². The third kappa shape index (κ3) is 4.91. The van der Waals surface area contributed by atoms with Gasteiger partial charge in [0.05, 0.1) is 12.1 Å². The van der Waals surface area contributed by atoms with Crippen molar-refractivity contribution in [3.8, 4) is 0 Å². The molecule has 36 heavy (non-hydrogen) atoms. The van der Waals surface area contributed by atoms with E-state index in [1.807, 2.05) is 6.08 Å². The third-order valence-electron chi connectivity index (χ3n) is 6.73. The summed E-state index contributed by atoms with van der Waals surface area (Å²) in [7, 11) is 0. The maximum Gasteiger partial charge on any atom is 0.434 e. The predicted molar refractivity (Wildman–Crippen MR) is 133 cm³/mol. The Morgan fingerprint density at radius 3 is 2.64 bits per heavy atom. The van der Waals surface area contributed by atoms with Gasteiger partial charge in [0.15, 0.2) is 28.7 Å². The molecule has 1 N–H and O–H groups in total. The van der Waals surface area contributed by atoms with Crippen molar-refractivity contribution in [2.45, 2.75) is 64.7 Å². The van der Waals surface area contributed by atoms with E-state index >= 15 is 0 Å². The quantitative estimate of drug-likeness (QED) is 0.331. The van der Waals surface area contributed by atoms with Gasteiger partial charge in [0, 0.05) is 23.6 Å². The van der Waals surface area contributed by atoms with Gasteiger partial charge in [0.1, 0.15) is 11.3 Å². The summed E-state index contributed by atoms with van der Waals surface area (Å²) in [5.41, 5.74) is 5.90. The van der Waals surface area contributed by atoms with E-state index in [-0.39, 0.29) is 29.7 Å². The zero-order valence-corrected chi connectivity index (χ0v) is 20.6. The monoisotopic (exact) mass is 516 g/mol. The van der Waals surface area contributed by atoms with E-state index in [0.29, 0.717) is 53.0 Å². The Balaban J connectivity index is 1.65. The first-order chi connectivity index (χ1) is 17.2. The van der Waals surface area contributed by atoms with Crippen molar-refractivity contribution in [2.24, 2.45) is 10.9 Å². The number of halogens is 4. The molecule has 0 amide bonds. The van der Waals surface area contributed by atoms with Crippen LogP contribution >= 0.6 is 12.1 Å². The second-order valence-electron chi connectivity index (χ2n) is 9.23. The third-order valence-corrected chi connectivity index (χ3v) is 7.27. The Bertz CT molecular complexity index is 1400. The van der Waals surface area contributed by atoms with Crippen molar-refractivity contribution < 1.29 is 17.1 Å². The fraction of sp³-hybridized carbons (Fsp3) is 0.440. The number of rotatable bonds is 7. The molecule has 6 nitrogen and oxygen atoms in total. The zero-order valence-electron chi connectivity index (χ0n) is 19.8. The summed E-state index contributed by atoms with van der Waals surface area (Å²) >= 11 is 0.225. The van der Waals surface area contributed by atoms with Gasteiger partial charge in [0.25, 0.3) is 0 Å². The number of imidazole rings is 1. The number of aromatic nitrogens is 4. The van der Waals surface area contributed by atoms with Crippen molar-refractivity contribution in [1.82, 2.24) is 19.5 Å². The average molecular weight is 517 g/mol. The fourth-order valence-corrected chi connectivity index (χ4v) is 4.82. The molecular formula is C25H24F4N6S. The van der Waals surface area contributed by atoms with E-state index in [1.54, 1.807) is 17.6 Å². The molecule has 0 radical (unpaired) electrons. The predicted octanol–water partition coefficient (Wildman–Crippen LogP) is 6.63. The van der Waals surface area contributed by atoms with Gasteiger partial charge < -0.3 is 9.88 Å². The summed E-state index contributed by atoms with van der Waals surface area (Å²) in [5, 5.41) is 3.51. The van der Waals surface area contributed by atoms with Gasteiger partial charge in [-0.3, -0.25) is 0 Å². The van der Waals surface area contributed by atoms with Crippen molar-refractivity contribution in [3.05, 3.63) is 51.8 Å². The van der Waals surface area contributed by atoms with Crippen LogP contribution in [0.1, 0.15) is 50.7 Å². The Hall–Kier alpha value is -3.13. The number of aliphatic imine (C=N–C) groups is 1.